The number of halogens is 3. The summed E-state index contributed by atoms with van der Waals surface area (Å²) in [6.45, 7) is 0. The van der Waals surface area contributed by atoms with Crippen LogP contribution in [0.15, 0.2) is 65.8 Å². The van der Waals surface area contributed by atoms with E-state index in [1.807, 2.05) is 24.3 Å². The summed E-state index contributed by atoms with van der Waals surface area (Å²) in [7, 11) is -3.75. The first-order valence-corrected chi connectivity index (χ1v) is 11.9. The van der Waals surface area contributed by atoms with E-state index in [0.717, 1.165) is 28.6 Å². The van der Waals surface area contributed by atoms with E-state index >= 15 is 0 Å². The Hall–Kier alpha value is -3.20. The first-order chi connectivity index (χ1) is 15.1. The zero-order valence-corrected chi connectivity index (χ0v) is 17.8. The van der Waals surface area contributed by atoms with E-state index in [1.165, 1.54) is 42.9 Å². The molecule has 0 unspecified atom stereocenters. The van der Waals surface area contributed by atoms with Crippen molar-refractivity contribution in [1.82, 2.24) is 14.8 Å². The molecule has 2 aromatic heterocycles. The third kappa shape index (κ3) is 3.77. The Morgan fingerprint density at radius 3 is 2.31 bits per heavy atom. The Kier molecular flexibility index (Phi) is 4.63. The molecule has 1 aliphatic carbocycles. The molecule has 2 aromatic carbocycles. The van der Waals surface area contributed by atoms with Crippen molar-refractivity contribution >= 4 is 20.7 Å². The van der Waals surface area contributed by atoms with Gasteiger partial charge in [-0.25, -0.2) is 18.1 Å². The van der Waals surface area contributed by atoms with Gasteiger partial charge in [-0.2, -0.15) is 18.3 Å². The second-order valence-corrected chi connectivity index (χ2v) is 10.0. The molecule has 0 aliphatic heterocycles. The van der Waals surface area contributed by atoms with Crippen LogP contribution in [0.2, 0.25) is 0 Å². The molecule has 5 rings (SSSR count). The minimum absolute atomic E-state index is 0.0415. The van der Waals surface area contributed by atoms with Gasteiger partial charge in [0.2, 0.25) is 0 Å². The monoisotopic (exact) mass is 457 g/mol. The largest absolute Gasteiger partial charge is 0.416 e. The molecule has 4 aromatic rings. The van der Waals surface area contributed by atoms with Crippen LogP contribution in [0.1, 0.15) is 29.9 Å². The first kappa shape index (κ1) is 20.7. The maximum Gasteiger partial charge on any atom is 0.416 e. The first-order valence-electron chi connectivity index (χ1n) is 9.97. The van der Waals surface area contributed by atoms with Crippen LogP contribution in [-0.2, 0) is 16.0 Å². The fraction of sp³-hybridized carbons (Fsp3) is 0.217. The second kappa shape index (κ2) is 7.16. The number of alkyl halides is 3. The summed E-state index contributed by atoms with van der Waals surface area (Å²) in [6.07, 6.45) is 1.77. The molecular formula is C23H18F3N3O2S. The predicted octanol–water partition coefficient (Wildman–Crippen LogP) is 5.39. The molecule has 1 aliphatic rings. The van der Waals surface area contributed by atoms with Crippen LogP contribution in [0.25, 0.3) is 27.8 Å². The molecule has 1 saturated carbocycles. The van der Waals surface area contributed by atoms with Gasteiger partial charge in [0, 0.05) is 23.4 Å². The standard InChI is InChI=1S/C23H18F3N3O2S/c1-32(30,31)21-10-18(16-6-4-15(5-7-16)14-2-3-14)12-27-22(21)29-20-11-19(23(24,25)26)9-8-17(20)13-28-29/h4-14H,2-3H2,1H3. The maximum absolute atomic E-state index is 13.2. The Labute approximate surface area is 182 Å². The lowest BCUT2D eigenvalue weighted by molar-refractivity contribution is -0.137. The summed E-state index contributed by atoms with van der Waals surface area (Å²) < 4.78 is 65.9. The van der Waals surface area contributed by atoms with Crippen molar-refractivity contribution in [3.05, 3.63) is 72.1 Å². The van der Waals surface area contributed by atoms with E-state index in [0.29, 0.717) is 16.9 Å². The lowest BCUT2D eigenvalue weighted by atomic mass is 10.0. The highest BCUT2D eigenvalue weighted by Gasteiger charge is 2.31. The number of benzene rings is 2. The minimum atomic E-state index is -4.53. The highest BCUT2D eigenvalue weighted by Crippen LogP contribution is 2.40. The van der Waals surface area contributed by atoms with Gasteiger partial charge in [0.25, 0.3) is 0 Å². The SMILES string of the molecule is CS(=O)(=O)c1cc(-c2ccc(C3CC3)cc2)cnc1-n1ncc2ccc(C(F)(F)F)cc21. The normalized spacial score (nSPS) is 14.8. The Bertz CT molecular complexity index is 1440. The van der Waals surface area contributed by atoms with E-state index in [2.05, 4.69) is 10.1 Å². The smallest absolute Gasteiger partial charge is 0.235 e. The number of rotatable bonds is 4. The molecule has 32 heavy (non-hydrogen) atoms. The average Bonchev–Trinajstić information content (AvgIpc) is 3.51. The molecule has 2 heterocycles. The molecule has 0 atom stereocenters. The number of hydrogen-bond acceptors (Lipinski definition) is 4. The Morgan fingerprint density at radius 1 is 0.969 bits per heavy atom. The third-order valence-corrected chi connectivity index (χ3v) is 6.72. The topological polar surface area (TPSA) is 64.8 Å². The Balaban J connectivity index is 1.64. The lowest BCUT2D eigenvalue weighted by Gasteiger charge is -2.12. The van der Waals surface area contributed by atoms with Crippen molar-refractivity contribution in [3.8, 4) is 16.9 Å². The molecule has 0 saturated heterocycles. The van der Waals surface area contributed by atoms with E-state index in [4.69, 9.17) is 0 Å². The number of nitrogens with zero attached hydrogens (tertiary/aromatic N) is 3. The minimum Gasteiger partial charge on any atom is -0.235 e. The fourth-order valence-electron chi connectivity index (χ4n) is 3.76. The van der Waals surface area contributed by atoms with Gasteiger partial charge in [-0.05, 0) is 48.1 Å². The molecule has 5 nitrogen and oxygen atoms in total. The summed E-state index contributed by atoms with van der Waals surface area (Å²) in [5.41, 5.74) is 1.94. The van der Waals surface area contributed by atoms with Crippen LogP contribution < -0.4 is 0 Å². The lowest BCUT2D eigenvalue weighted by Crippen LogP contribution is -2.10. The maximum atomic E-state index is 13.2. The zero-order valence-electron chi connectivity index (χ0n) is 17.0. The highest BCUT2D eigenvalue weighted by molar-refractivity contribution is 7.90. The quantitative estimate of drug-likeness (QED) is 0.412. The van der Waals surface area contributed by atoms with Crippen LogP contribution in [-0.4, -0.2) is 29.4 Å². The summed E-state index contributed by atoms with van der Waals surface area (Å²) >= 11 is 0. The van der Waals surface area contributed by atoms with Gasteiger partial charge in [-0.3, -0.25) is 0 Å². The molecule has 0 N–H and O–H groups in total. The van der Waals surface area contributed by atoms with Crippen molar-refractivity contribution in [3.63, 3.8) is 0 Å². The fourth-order valence-corrected chi connectivity index (χ4v) is 4.57. The summed E-state index contributed by atoms with van der Waals surface area (Å²) in [4.78, 5) is 4.21. The van der Waals surface area contributed by atoms with Crippen LogP contribution in [0, 0.1) is 0 Å². The van der Waals surface area contributed by atoms with Gasteiger partial charge in [0.05, 0.1) is 17.3 Å². The molecule has 0 spiro atoms. The van der Waals surface area contributed by atoms with Gasteiger partial charge in [0.15, 0.2) is 15.7 Å². The van der Waals surface area contributed by atoms with Crippen molar-refractivity contribution < 1.29 is 21.6 Å². The van der Waals surface area contributed by atoms with Gasteiger partial charge in [-0.15, -0.1) is 0 Å². The molecule has 164 valence electrons. The number of fused-ring (bicyclic) bond motifs is 1. The van der Waals surface area contributed by atoms with Crippen molar-refractivity contribution in [2.75, 3.05) is 6.26 Å². The second-order valence-electron chi connectivity index (χ2n) is 8.04. The van der Waals surface area contributed by atoms with E-state index in [1.54, 1.807) is 0 Å². The van der Waals surface area contributed by atoms with Crippen molar-refractivity contribution in [1.29, 1.82) is 0 Å². The van der Waals surface area contributed by atoms with Gasteiger partial charge >= 0.3 is 6.18 Å². The van der Waals surface area contributed by atoms with E-state index in [-0.39, 0.29) is 16.2 Å². The van der Waals surface area contributed by atoms with Crippen LogP contribution in [0.4, 0.5) is 13.2 Å². The Morgan fingerprint density at radius 2 is 1.69 bits per heavy atom. The van der Waals surface area contributed by atoms with Crippen molar-refractivity contribution in [2.24, 2.45) is 0 Å². The van der Waals surface area contributed by atoms with Gasteiger partial charge in [-0.1, -0.05) is 30.3 Å². The third-order valence-electron chi connectivity index (χ3n) is 5.62. The summed E-state index contributed by atoms with van der Waals surface area (Å²) in [5, 5.41) is 4.57. The molecule has 0 bridgehead atoms. The van der Waals surface area contributed by atoms with Gasteiger partial charge < -0.3 is 0 Å². The number of sulfone groups is 1. The van der Waals surface area contributed by atoms with Crippen LogP contribution >= 0.6 is 0 Å². The van der Waals surface area contributed by atoms with Crippen molar-refractivity contribution in [2.45, 2.75) is 29.8 Å². The molecule has 0 radical (unpaired) electrons. The molecular weight excluding hydrogens is 439 g/mol. The number of hydrogen-bond donors (Lipinski definition) is 0. The summed E-state index contributed by atoms with van der Waals surface area (Å²) in [5.74, 6) is 0.561. The number of aromatic nitrogens is 3. The summed E-state index contributed by atoms with van der Waals surface area (Å²) in [6, 6.07) is 12.6. The molecule has 9 heteroatoms. The van der Waals surface area contributed by atoms with Crippen LogP contribution in [0.3, 0.4) is 0 Å². The van der Waals surface area contributed by atoms with Gasteiger partial charge in [0.1, 0.15) is 4.90 Å². The predicted molar refractivity (Wildman–Crippen MR) is 114 cm³/mol. The molecule has 0 amide bonds. The highest BCUT2D eigenvalue weighted by atomic mass is 32.2. The van der Waals surface area contributed by atoms with E-state index in [9.17, 15) is 21.6 Å². The average molecular weight is 457 g/mol. The van der Waals surface area contributed by atoms with E-state index < -0.39 is 21.6 Å². The zero-order chi connectivity index (χ0) is 22.7. The van der Waals surface area contributed by atoms with Crippen LogP contribution in [0.5, 0.6) is 0 Å². The number of pyridine rings is 1. The molecule has 1 fully saturated rings.